The van der Waals surface area contributed by atoms with E-state index in [2.05, 4.69) is 10.3 Å². The van der Waals surface area contributed by atoms with Crippen molar-refractivity contribution in [3.8, 4) is 0 Å². The highest BCUT2D eigenvalue weighted by Crippen LogP contribution is 2.17. The van der Waals surface area contributed by atoms with E-state index >= 15 is 0 Å². The zero-order chi connectivity index (χ0) is 11.3. The second-order valence-electron chi connectivity index (χ2n) is 2.96. The van der Waals surface area contributed by atoms with Crippen LogP contribution in [-0.4, -0.2) is 14.2 Å². The summed E-state index contributed by atoms with van der Waals surface area (Å²) in [4.78, 5) is 4.59. The minimum atomic E-state index is -0.601. The van der Waals surface area contributed by atoms with Crippen molar-refractivity contribution in [1.82, 2.24) is 5.48 Å². The van der Waals surface area contributed by atoms with Crippen molar-refractivity contribution in [2.75, 3.05) is 14.2 Å². The molecule has 0 saturated carbocycles. The third kappa shape index (κ3) is 2.95. The number of rotatable bonds is 5. The van der Waals surface area contributed by atoms with E-state index in [1.54, 1.807) is 0 Å². The molecule has 0 atom stereocenters. The van der Waals surface area contributed by atoms with Crippen LogP contribution in [0.2, 0.25) is 0 Å². The topological polar surface area (TPSA) is 30.5 Å². The first-order chi connectivity index (χ1) is 7.20. The molecule has 0 aromatic heterocycles. The fourth-order valence-corrected chi connectivity index (χ4v) is 1.21. The molecule has 0 radical (unpaired) electrons. The molecule has 0 aliphatic carbocycles. The Morgan fingerprint density at radius 2 is 2.00 bits per heavy atom. The highest BCUT2D eigenvalue weighted by atomic mass is 19.1. The second-order valence-corrected chi connectivity index (χ2v) is 2.96. The van der Waals surface area contributed by atoms with Gasteiger partial charge in [-0.25, -0.2) is 8.78 Å². The van der Waals surface area contributed by atoms with Gasteiger partial charge in [0.2, 0.25) is 0 Å². The van der Waals surface area contributed by atoms with Gasteiger partial charge in [-0.15, -0.1) is 0 Å². The molecule has 0 saturated heterocycles. The number of ether oxygens (including phenoxy) is 1. The van der Waals surface area contributed by atoms with Gasteiger partial charge in [-0.1, -0.05) is 6.07 Å². The summed E-state index contributed by atoms with van der Waals surface area (Å²) in [6.45, 7) is 0.0951. The maximum atomic E-state index is 13.6. The lowest BCUT2D eigenvalue weighted by molar-refractivity contribution is 0.0857. The van der Waals surface area contributed by atoms with Gasteiger partial charge >= 0.3 is 0 Å². The molecule has 0 unspecified atom stereocenters. The Morgan fingerprint density at radius 3 is 2.60 bits per heavy atom. The second kappa shape index (κ2) is 5.75. The van der Waals surface area contributed by atoms with Crippen LogP contribution < -0.4 is 5.48 Å². The summed E-state index contributed by atoms with van der Waals surface area (Å²) >= 11 is 0. The minimum absolute atomic E-state index is 0.0621. The van der Waals surface area contributed by atoms with E-state index in [4.69, 9.17) is 4.74 Å². The molecule has 0 bridgehead atoms. The Morgan fingerprint density at radius 1 is 1.27 bits per heavy atom. The summed E-state index contributed by atoms with van der Waals surface area (Å²) in [5, 5.41) is 0. The number of halogens is 2. The van der Waals surface area contributed by atoms with Crippen molar-refractivity contribution in [3.63, 3.8) is 0 Å². The van der Waals surface area contributed by atoms with Gasteiger partial charge in [0.15, 0.2) is 0 Å². The molecule has 5 heteroatoms. The lowest BCUT2D eigenvalue weighted by atomic mass is 10.1. The van der Waals surface area contributed by atoms with Gasteiger partial charge in [-0.3, -0.25) is 0 Å². The molecule has 84 valence electrons. The summed E-state index contributed by atoms with van der Waals surface area (Å²) in [6, 6.07) is 2.58. The van der Waals surface area contributed by atoms with Gasteiger partial charge < -0.3 is 9.57 Å². The van der Waals surface area contributed by atoms with E-state index in [0.717, 1.165) is 0 Å². The van der Waals surface area contributed by atoms with Crippen LogP contribution in [0, 0.1) is 11.6 Å². The Labute approximate surface area is 87.0 Å². The average Bonchev–Trinajstić information content (AvgIpc) is 2.23. The highest BCUT2D eigenvalue weighted by molar-refractivity contribution is 5.27. The summed E-state index contributed by atoms with van der Waals surface area (Å²) in [5.41, 5.74) is 2.77. The summed E-state index contributed by atoms with van der Waals surface area (Å²) < 4.78 is 31.5. The lowest BCUT2D eigenvalue weighted by Crippen LogP contribution is -2.13. The van der Waals surface area contributed by atoms with Crippen LogP contribution in [-0.2, 0) is 22.7 Å². The van der Waals surface area contributed by atoms with E-state index in [9.17, 15) is 8.78 Å². The van der Waals surface area contributed by atoms with Gasteiger partial charge in [0.1, 0.15) is 11.6 Å². The number of benzene rings is 1. The monoisotopic (exact) mass is 217 g/mol. The van der Waals surface area contributed by atoms with Crippen LogP contribution in [0.1, 0.15) is 11.1 Å². The first kappa shape index (κ1) is 12.0. The van der Waals surface area contributed by atoms with Crippen molar-refractivity contribution < 1.29 is 18.4 Å². The molecule has 0 heterocycles. The molecule has 0 aliphatic heterocycles. The van der Waals surface area contributed by atoms with Gasteiger partial charge in [-0.2, -0.15) is 5.48 Å². The Balaban J connectivity index is 2.94. The van der Waals surface area contributed by atoms with Gasteiger partial charge in [0, 0.05) is 24.8 Å². The molecule has 0 aliphatic rings. The van der Waals surface area contributed by atoms with E-state index in [1.807, 2.05) is 0 Å². The number of nitrogens with one attached hydrogen (secondary N) is 1. The van der Waals surface area contributed by atoms with Crippen molar-refractivity contribution in [2.24, 2.45) is 0 Å². The zero-order valence-electron chi connectivity index (χ0n) is 8.64. The van der Waals surface area contributed by atoms with Crippen molar-refractivity contribution in [2.45, 2.75) is 13.2 Å². The molecular weight excluding hydrogens is 204 g/mol. The van der Waals surface area contributed by atoms with E-state index in [0.29, 0.717) is 5.56 Å². The molecule has 1 N–H and O–H groups in total. The predicted molar refractivity (Wildman–Crippen MR) is 50.9 cm³/mol. The van der Waals surface area contributed by atoms with Gasteiger partial charge in [-0.05, 0) is 6.07 Å². The third-order valence-corrected chi connectivity index (χ3v) is 1.96. The largest absolute Gasteiger partial charge is 0.380 e. The predicted octanol–water partition coefficient (Wildman–Crippen LogP) is 1.76. The Bertz CT molecular complexity index is 331. The van der Waals surface area contributed by atoms with Crippen LogP contribution in [0.4, 0.5) is 8.78 Å². The molecule has 0 fully saturated rings. The summed E-state index contributed by atoms with van der Waals surface area (Å²) in [6.07, 6.45) is 0. The molecule has 3 nitrogen and oxygen atoms in total. The first-order valence-corrected chi connectivity index (χ1v) is 4.41. The van der Waals surface area contributed by atoms with Gasteiger partial charge in [0.05, 0.1) is 13.7 Å². The average molecular weight is 217 g/mol. The molecule has 1 aromatic rings. The van der Waals surface area contributed by atoms with Crippen LogP contribution in [0.25, 0.3) is 0 Å². The van der Waals surface area contributed by atoms with Crippen LogP contribution >= 0.6 is 0 Å². The first-order valence-electron chi connectivity index (χ1n) is 4.41. The van der Waals surface area contributed by atoms with Crippen molar-refractivity contribution in [1.29, 1.82) is 0 Å². The van der Waals surface area contributed by atoms with Gasteiger partial charge in [0.25, 0.3) is 0 Å². The summed E-state index contributed by atoms with van der Waals surface area (Å²) in [5.74, 6) is -1.20. The van der Waals surface area contributed by atoms with E-state index in [1.165, 1.54) is 26.4 Å². The quantitative estimate of drug-likeness (QED) is 0.762. The SMILES string of the molecule is COCc1c(F)ccc(CNOC)c1F. The smallest absolute Gasteiger partial charge is 0.136 e. The molecular formula is C10H13F2NO2. The maximum absolute atomic E-state index is 13.6. The normalized spacial score (nSPS) is 10.7. The van der Waals surface area contributed by atoms with Crippen LogP contribution in [0.15, 0.2) is 12.1 Å². The lowest BCUT2D eigenvalue weighted by Gasteiger charge is -2.09. The summed E-state index contributed by atoms with van der Waals surface area (Å²) in [7, 11) is 2.82. The highest BCUT2D eigenvalue weighted by Gasteiger charge is 2.12. The van der Waals surface area contributed by atoms with E-state index < -0.39 is 11.6 Å². The van der Waals surface area contributed by atoms with Crippen LogP contribution in [0.5, 0.6) is 0 Å². The number of methoxy groups -OCH3 is 1. The Hall–Kier alpha value is -1.04. The zero-order valence-corrected chi connectivity index (χ0v) is 8.64. The molecule has 0 spiro atoms. The Kier molecular flexibility index (Phi) is 4.61. The number of hydroxylamine groups is 1. The standard InChI is InChI=1S/C10H13F2NO2/c1-14-6-8-9(11)4-3-7(10(8)12)5-13-15-2/h3-4,13H,5-6H2,1-2H3. The minimum Gasteiger partial charge on any atom is -0.380 e. The number of hydrogen-bond acceptors (Lipinski definition) is 3. The van der Waals surface area contributed by atoms with Crippen molar-refractivity contribution >= 4 is 0 Å². The fourth-order valence-electron chi connectivity index (χ4n) is 1.21. The number of hydrogen-bond donors (Lipinski definition) is 1. The molecule has 1 rings (SSSR count). The molecule has 15 heavy (non-hydrogen) atoms. The maximum Gasteiger partial charge on any atom is 0.136 e. The van der Waals surface area contributed by atoms with Crippen LogP contribution in [0.3, 0.4) is 0 Å². The van der Waals surface area contributed by atoms with Crippen molar-refractivity contribution in [3.05, 3.63) is 34.9 Å². The van der Waals surface area contributed by atoms with E-state index in [-0.39, 0.29) is 18.7 Å². The third-order valence-electron chi connectivity index (χ3n) is 1.96. The molecule has 0 amide bonds. The molecule has 1 aromatic carbocycles. The fraction of sp³-hybridized carbons (Fsp3) is 0.400.